The zero-order chi connectivity index (χ0) is 13.9. The van der Waals surface area contributed by atoms with Gasteiger partial charge in [-0.2, -0.15) is 0 Å². The van der Waals surface area contributed by atoms with Gasteiger partial charge in [0.15, 0.2) is 0 Å². The maximum atomic E-state index is 13.3. The summed E-state index contributed by atoms with van der Waals surface area (Å²) in [5.74, 6) is -4.68. The number of hydrogen-bond acceptors (Lipinski definition) is 2. The summed E-state index contributed by atoms with van der Waals surface area (Å²) in [5.41, 5.74) is -2.02. The van der Waals surface area contributed by atoms with Crippen molar-refractivity contribution in [2.24, 2.45) is 0 Å². The van der Waals surface area contributed by atoms with Gasteiger partial charge in [-0.3, -0.25) is 4.79 Å². The van der Waals surface area contributed by atoms with Crippen LogP contribution in [0.5, 0.6) is 0 Å². The molecule has 18 heavy (non-hydrogen) atoms. The molecule has 1 amide bonds. The van der Waals surface area contributed by atoms with Crippen molar-refractivity contribution < 1.29 is 23.1 Å². The maximum absolute atomic E-state index is 13.3. The summed E-state index contributed by atoms with van der Waals surface area (Å²) in [7, 11) is 0. The first-order chi connectivity index (χ1) is 8.26. The Kier molecular flexibility index (Phi) is 4.34. The smallest absolute Gasteiger partial charge is 0.257 e. The summed E-state index contributed by atoms with van der Waals surface area (Å²) in [5, 5.41) is 11.8. The zero-order valence-corrected chi connectivity index (χ0v) is 10.1. The number of benzene rings is 1. The molecule has 0 aromatic heterocycles. The summed E-state index contributed by atoms with van der Waals surface area (Å²) in [6.45, 7) is 3.02. The molecule has 100 valence electrons. The number of aliphatic hydroxyl groups is 1. The Morgan fingerprint density at radius 3 is 2.28 bits per heavy atom. The first-order valence-corrected chi connectivity index (χ1v) is 5.42. The van der Waals surface area contributed by atoms with Crippen molar-refractivity contribution in [3.05, 3.63) is 35.1 Å². The molecule has 1 atom stereocenters. The average Bonchev–Trinajstić information content (AvgIpc) is 2.25. The Bertz CT molecular complexity index is 438. The molecular weight excluding hydrogens is 247 g/mol. The van der Waals surface area contributed by atoms with Crippen LogP contribution >= 0.6 is 0 Å². The van der Waals surface area contributed by atoms with Gasteiger partial charge in [0, 0.05) is 18.7 Å². The van der Waals surface area contributed by atoms with Crippen LogP contribution in [-0.2, 0) is 0 Å². The van der Waals surface area contributed by atoms with Crippen LogP contribution < -0.4 is 5.32 Å². The fourth-order valence-corrected chi connectivity index (χ4v) is 1.24. The van der Waals surface area contributed by atoms with Crippen LogP contribution in [0.4, 0.5) is 13.2 Å². The minimum absolute atomic E-state index is 0.154. The van der Waals surface area contributed by atoms with Gasteiger partial charge in [-0.1, -0.05) is 6.92 Å². The highest BCUT2D eigenvalue weighted by atomic mass is 19.1. The minimum atomic E-state index is -1.28. The van der Waals surface area contributed by atoms with Crippen molar-refractivity contribution in [1.82, 2.24) is 5.32 Å². The van der Waals surface area contributed by atoms with Crippen molar-refractivity contribution in [1.29, 1.82) is 0 Å². The number of carbonyl (C=O) groups is 1. The molecule has 1 aromatic rings. The number of carbonyl (C=O) groups excluding carboxylic acids is 1. The molecule has 0 bridgehead atoms. The normalized spacial score (nSPS) is 14.1. The van der Waals surface area contributed by atoms with E-state index in [4.69, 9.17) is 0 Å². The molecule has 6 heteroatoms. The van der Waals surface area contributed by atoms with Crippen LogP contribution in [0.1, 0.15) is 30.6 Å². The van der Waals surface area contributed by atoms with E-state index >= 15 is 0 Å². The molecule has 0 aliphatic rings. The Balaban J connectivity index is 2.86. The van der Waals surface area contributed by atoms with E-state index in [1.54, 1.807) is 6.92 Å². The lowest BCUT2D eigenvalue weighted by atomic mass is 10.0. The molecule has 1 aromatic carbocycles. The van der Waals surface area contributed by atoms with Gasteiger partial charge >= 0.3 is 0 Å². The lowest BCUT2D eigenvalue weighted by Crippen LogP contribution is -2.40. The summed E-state index contributed by atoms with van der Waals surface area (Å²) in [6, 6.07) is 0.853. The first-order valence-electron chi connectivity index (χ1n) is 5.42. The maximum Gasteiger partial charge on any atom is 0.257 e. The van der Waals surface area contributed by atoms with Gasteiger partial charge in [0.1, 0.15) is 23.0 Å². The van der Waals surface area contributed by atoms with Crippen LogP contribution in [0.3, 0.4) is 0 Å². The van der Waals surface area contributed by atoms with Crippen molar-refractivity contribution in [3.63, 3.8) is 0 Å². The van der Waals surface area contributed by atoms with Gasteiger partial charge in [-0.15, -0.1) is 0 Å². The lowest BCUT2D eigenvalue weighted by Gasteiger charge is -2.21. The second kappa shape index (κ2) is 5.39. The van der Waals surface area contributed by atoms with E-state index in [-0.39, 0.29) is 6.54 Å². The number of nitrogens with one attached hydrogen (secondary N) is 1. The highest BCUT2D eigenvalue weighted by molar-refractivity contribution is 5.94. The summed E-state index contributed by atoms with van der Waals surface area (Å²) < 4.78 is 39.2. The van der Waals surface area contributed by atoms with Gasteiger partial charge in [0.2, 0.25) is 0 Å². The van der Waals surface area contributed by atoms with E-state index in [9.17, 15) is 23.1 Å². The second-order valence-corrected chi connectivity index (χ2v) is 4.28. The fraction of sp³-hybridized carbons (Fsp3) is 0.417. The van der Waals surface area contributed by atoms with Gasteiger partial charge in [-0.05, 0) is 13.3 Å². The lowest BCUT2D eigenvalue weighted by molar-refractivity contribution is 0.0516. The molecular formula is C12H14F3NO2. The largest absolute Gasteiger partial charge is 0.388 e. The minimum Gasteiger partial charge on any atom is -0.388 e. The molecule has 0 spiro atoms. The zero-order valence-electron chi connectivity index (χ0n) is 10.1. The predicted molar refractivity (Wildman–Crippen MR) is 59.6 cm³/mol. The molecule has 0 heterocycles. The number of rotatable bonds is 4. The van der Waals surface area contributed by atoms with E-state index < -0.39 is 34.5 Å². The third kappa shape index (κ3) is 3.46. The molecule has 0 radical (unpaired) electrons. The van der Waals surface area contributed by atoms with Crippen molar-refractivity contribution in [3.8, 4) is 0 Å². The average molecular weight is 261 g/mol. The van der Waals surface area contributed by atoms with Crippen molar-refractivity contribution in [2.75, 3.05) is 6.54 Å². The Morgan fingerprint density at radius 2 is 1.83 bits per heavy atom. The molecule has 2 N–H and O–H groups in total. The van der Waals surface area contributed by atoms with Gasteiger partial charge in [0.05, 0.1) is 5.60 Å². The van der Waals surface area contributed by atoms with Crippen LogP contribution in [0.2, 0.25) is 0 Å². The Hall–Kier alpha value is -1.56. The van der Waals surface area contributed by atoms with Crippen molar-refractivity contribution >= 4 is 5.91 Å². The highest BCUT2D eigenvalue weighted by Gasteiger charge is 2.22. The van der Waals surface area contributed by atoms with Crippen LogP contribution in [-0.4, -0.2) is 23.2 Å². The number of amides is 1. The SMILES string of the molecule is CCC(C)(O)CNC(=O)c1c(F)cc(F)cc1F. The second-order valence-electron chi connectivity index (χ2n) is 4.28. The molecule has 0 aliphatic heterocycles. The fourth-order valence-electron chi connectivity index (χ4n) is 1.24. The third-order valence-corrected chi connectivity index (χ3v) is 2.63. The van der Waals surface area contributed by atoms with E-state index in [2.05, 4.69) is 5.32 Å². The van der Waals surface area contributed by atoms with Gasteiger partial charge < -0.3 is 10.4 Å². The quantitative estimate of drug-likeness (QED) is 0.870. The molecule has 1 unspecified atom stereocenters. The molecule has 0 aliphatic carbocycles. The van der Waals surface area contributed by atoms with E-state index in [1.807, 2.05) is 0 Å². The van der Waals surface area contributed by atoms with Crippen LogP contribution in [0.15, 0.2) is 12.1 Å². The Labute approximate surface area is 103 Å². The third-order valence-electron chi connectivity index (χ3n) is 2.63. The molecule has 0 saturated heterocycles. The molecule has 1 rings (SSSR count). The van der Waals surface area contributed by atoms with E-state index in [1.165, 1.54) is 6.92 Å². The van der Waals surface area contributed by atoms with Crippen molar-refractivity contribution in [2.45, 2.75) is 25.9 Å². The molecule has 3 nitrogen and oxygen atoms in total. The molecule has 0 fully saturated rings. The number of hydrogen-bond donors (Lipinski definition) is 2. The topological polar surface area (TPSA) is 49.3 Å². The van der Waals surface area contributed by atoms with Crippen LogP contribution in [0, 0.1) is 17.5 Å². The monoisotopic (exact) mass is 261 g/mol. The first kappa shape index (κ1) is 14.5. The Morgan fingerprint density at radius 1 is 1.33 bits per heavy atom. The predicted octanol–water partition coefficient (Wildman–Crippen LogP) is 1.99. The van der Waals surface area contributed by atoms with E-state index in [0.717, 1.165) is 0 Å². The highest BCUT2D eigenvalue weighted by Crippen LogP contribution is 2.15. The summed E-state index contributed by atoms with van der Waals surface area (Å²) in [6.07, 6.45) is 0.363. The summed E-state index contributed by atoms with van der Waals surface area (Å²) >= 11 is 0. The molecule has 0 saturated carbocycles. The standard InChI is InChI=1S/C12H14F3NO2/c1-3-12(2,18)6-16-11(17)10-8(14)4-7(13)5-9(10)15/h4-5,18H,3,6H2,1-2H3,(H,16,17). The summed E-state index contributed by atoms with van der Waals surface area (Å²) in [4.78, 5) is 11.5. The van der Waals surface area contributed by atoms with E-state index in [0.29, 0.717) is 18.6 Å². The van der Waals surface area contributed by atoms with Gasteiger partial charge in [0.25, 0.3) is 5.91 Å². The number of halogens is 3. The van der Waals surface area contributed by atoms with Crippen LogP contribution in [0.25, 0.3) is 0 Å². The van der Waals surface area contributed by atoms with Gasteiger partial charge in [-0.25, -0.2) is 13.2 Å².